The largest absolute Gasteiger partial charge is 0.417 e. The van der Waals surface area contributed by atoms with Crippen molar-refractivity contribution < 1.29 is 23.9 Å². The number of hydrogen-bond donors (Lipinski definition) is 3. The van der Waals surface area contributed by atoms with E-state index in [2.05, 4.69) is 10.6 Å². The molecule has 2 amide bonds. The van der Waals surface area contributed by atoms with Crippen LogP contribution in [0.2, 0.25) is 0 Å². The van der Waals surface area contributed by atoms with Gasteiger partial charge in [-0.25, -0.2) is 9.59 Å². The van der Waals surface area contributed by atoms with Gasteiger partial charge in [-0.2, -0.15) is 0 Å². The number of Topliss-reactive ketones (excluding diaryl/α,β-unsaturated/α-hetero) is 1. The van der Waals surface area contributed by atoms with Crippen molar-refractivity contribution in [2.24, 2.45) is 5.73 Å². The van der Waals surface area contributed by atoms with Crippen molar-refractivity contribution in [2.75, 3.05) is 26.7 Å². The van der Waals surface area contributed by atoms with Crippen LogP contribution in [0.4, 0.5) is 4.79 Å². The molecule has 1 heterocycles. The first-order valence-corrected chi connectivity index (χ1v) is 10.2. The summed E-state index contributed by atoms with van der Waals surface area (Å²) in [6, 6.07) is 7.31. The van der Waals surface area contributed by atoms with Gasteiger partial charge in [0.2, 0.25) is 0 Å². The third kappa shape index (κ3) is 7.23. The van der Waals surface area contributed by atoms with Gasteiger partial charge in [0.25, 0.3) is 5.91 Å². The number of unbranched alkanes of at least 4 members (excludes halogenated alkanes) is 1. The summed E-state index contributed by atoms with van der Waals surface area (Å²) < 4.78 is 4.86. The number of esters is 1. The molecule has 0 spiro atoms. The van der Waals surface area contributed by atoms with Crippen LogP contribution in [0.5, 0.6) is 0 Å². The van der Waals surface area contributed by atoms with Gasteiger partial charge in [0, 0.05) is 12.6 Å². The van der Waals surface area contributed by atoms with Crippen LogP contribution in [0, 0.1) is 0 Å². The SMILES string of the molecule is CN(CC(=O)C(CCCCN)NC(=O)c1ccccc1)C(=O)OC(=O)[C@@H]1CCCN1. The minimum absolute atomic E-state index is 0.285. The zero-order valence-electron chi connectivity index (χ0n) is 17.3. The highest BCUT2D eigenvalue weighted by atomic mass is 16.6. The van der Waals surface area contributed by atoms with Crippen LogP contribution < -0.4 is 16.4 Å². The first kappa shape index (κ1) is 23.5. The topological polar surface area (TPSA) is 131 Å². The molecule has 0 aromatic heterocycles. The lowest BCUT2D eigenvalue weighted by molar-refractivity contribution is -0.140. The zero-order chi connectivity index (χ0) is 21.9. The van der Waals surface area contributed by atoms with Crippen molar-refractivity contribution in [3.63, 3.8) is 0 Å². The predicted octanol–water partition coefficient (Wildman–Crippen LogP) is 0.830. The number of likely N-dealkylation sites (N-methyl/N-ethyl adjacent to an activating group) is 1. The Bertz CT molecular complexity index is 734. The van der Waals surface area contributed by atoms with E-state index >= 15 is 0 Å². The molecular formula is C21H30N4O5. The summed E-state index contributed by atoms with van der Waals surface area (Å²) in [7, 11) is 1.38. The van der Waals surface area contributed by atoms with Crippen LogP contribution in [-0.4, -0.2) is 67.4 Å². The van der Waals surface area contributed by atoms with Gasteiger partial charge in [-0.3, -0.25) is 9.59 Å². The third-order valence-corrected chi connectivity index (χ3v) is 4.91. The second kappa shape index (κ2) is 12.0. The molecule has 2 rings (SSSR count). The Kier molecular flexibility index (Phi) is 9.43. The number of ketones is 1. The molecule has 1 aliphatic heterocycles. The van der Waals surface area contributed by atoms with Gasteiger partial charge in [0.1, 0.15) is 6.04 Å². The summed E-state index contributed by atoms with van der Waals surface area (Å²) in [5.41, 5.74) is 5.96. The Morgan fingerprint density at radius 3 is 2.60 bits per heavy atom. The summed E-state index contributed by atoms with van der Waals surface area (Å²) in [4.78, 5) is 50.4. The second-order valence-electron chi connectivity index (χ2n) is 7.33. The molecule has 1 aromatic rings. The Morgan fingerprint density at radius 2 is 1.97 bits per heavy atom. The third-order valence-electron chi connectivity index (χ3n) is 4.91. The summed E-state index contributed by atoms with van der Waals surface area (Å²) in [5.74, 6) is -1.36. The molecule has 1 saturated heterocycles. The molecular weight excluding hydrogens is 388 g/mol. The van der Waals surface area contributed by atoms with Crippen LogP contribution in [0.1, 0.15) is 42.5 Å². The van der Waals surface area contributed by atoms with Crippen molar-refractivity contribution >= 4 is 23.8 Å². The van der Waals surface area contributed by atoms with E-state index in [0.29, 0.717) is 44.3 Å². The molecule has 0 bridgehead atoms. The smallest absolute Gasteiger partial charge is 0.375 e. The maximum atomic E-state index is 12.8. The van der Waals surface area contributed by atoms with Gasteiger partial charge in [0.05, 0.1) is 12.6 Å². The van der Waals surface area contributed by atoms with Crippen molar-refractivity contribution in [1.82, 2.24) is 15.5 Å². The van der Waals surface area contributed by atoms with Crippen molar-refractivity contribution in [2.45, 2.75) is 44.2 Å². The number of carbonyl (C=O) groups is 4. The average molecular weight is 418 g/mol. The Morgan fingerprint density at radius 1 is 1.23 bits per heavy atom. The molecule has 1 fully saturated rings. The molecule has 1 aliphatic rings. The number of amides is 2. The minimum atomic E-state index is -0.892. The summed E-state index contributed by atoms with van der Waals surface area (Å²) in [5, 5.41) is 5.69. The van der Waals surface area contributed by atoms with E-state index in [0.717, 1.165) is 11.3 Å². The lowest BCUT2D eigenvalue weighted by Crippen LogP contribution is -2.46. The van der Waals surface area contributed by atoms with Crippen LogP contribution in [0.15, 0.2) is 30.3 Å². The van der Waals surface area contributed by atoms with Crippen LogP contribution in [0.25, 0.3) is 0 Å². The Labute approximate surface area is 176 Å². The van der Waals surface area contributed by atoms with Crippen molar-refractivity contribution in [3.8, 4) is 0 Å². The second-order valence-corrected chi connectivity index (χ2v) is 7.33. The fraction of sp³-hybridized carbons (Fsp3) is 0.524. The molecule has 9 nitrogen and oxygen atoms in total. The molecule has 0 radical (unpaired) electrons. The first-order valence-electron chi connectivity index (χ1n) is 10.2. The summed E-state index contributed by atoms with van der Waals surface area (Å²) in [6.45, 7) is 0.900. The average Bonchev–Trinajstić information content (AvgIpc) is 3.28. The molecule has 30 heavy (non-hydrogen) atoms. The number of ether oxygens (including phenoxy) is 1. The monoisotopic (exact) mass is 418 g/mol. The minimum Gasteiger partial charge on any atom is -0.375 e. The van der Waals surface area contributed by atoms with Gasteiger partial charge in [-0.15, -0.1) is 0 Å². The van der Waals surface area contributed by atoms with E-state index in [-0.39, 0.29) is 18.2 Å². The summed E-state index contributed by atoms with van der Waals surface area (Å²) >= 11 is 0. The molecule has 4 N–H and O–H groups in total. The van der Waals surface area contributed by atoms with Crippen LogP contribution in [0.3, 0.4) is 0 Å². The predicted molar refractivity (Wildman–Crippen MR) is 111 cm³/mol. The fourth-order valence-electron chi connectivity index (χ4n) is 3.17. The van der Waals surface area contributed by atoms with E-state index in [1.807, 2.05) is 0 Å². The van der Waals surface area contributed by atoms with Gasteiger partial charge in [-0.1, -0.05) is 18.2 Å². The number of hydrogen-bond acceptors (Lipinski definition) is 7. The Balaban J connectivity index is 1.93. The van der Waals surface area contributed by atoms with Crippen LogP contribution >= 0.6 is 0 Å². The van der Waals surface area contributed by atoms with E-state index in [1.165, 1.54) is 7.05 Å². The van der Waals surface area contributed by atoms with E-state index in [4.69, 9.17) is 10.5 Å². The molecule has 9 heteroatoms. The number of carbonyl (C=O) groups excluding carboxylic acids is 4. The van der Waals surface area contributed by atoms with E-state index in [1.54, 1.807) is 30.3 Å². The molecule has 0 aliphatic carbocycles. The highest BCUT2D eigenvalue weighted by molar-refractivity contribution is 5.99. The molecule has 1 aromatic carbocycles. The molecule has 2 atom stereocenters. The van der Waals surface area contributed by atoms with E-state index < -0.39 is 24.1 Å². The lowest BCUT2D eigenvalue weighted by atomic mass is 10.0. The number of benzene rings is 1. The summed E-state index contributed by atoms with van der Waals surface area (Å²) in [6.07, 6.45) is 2.34. The standard InChI is InChI=1S/C21H30N4O5/c1-25(21(29)30-20(28)17-11-7-13-23-17)14-18(26)16(10-5-6-12-22)24-19(27)15-8-3-2-4-9-15/h2-4,8-9,16-17,23H,5-7,10-14,22H2,1H3,(H,24,27)/t16?,17-/m0/s1. The first-order chi connectivity index (χ1) is 14.4. The van der Waals surface area contributed by atoms with Gasteiger partial charge in [0.15, 0.2) is 5.78 Å². The highest BCUT2D eigenvalue weighted by Crippen LogP contribution is 2.09. The van der Waals surface area contributed by atoms with E-state index in [9.17, 15) is 19.2 Å². The Hall–Kier alpha value is -2.78. The van der Waals surface area contributed by atoms with Crippen LogP contribution in [-0.2, 0) is 14.3 Å². The molecule has 0 saturated carbocycles. The number of rotatable bonds is 10. The van der Waals surface area contributed by atoms with Gasteiger partial charge >= 0.3 is 12.1 Å². The number of nitrogens with zero attached hydrogens (tertiary/aromatic N) is 1. The van der Waals surface area contributed by atoms with Gasteiger partial charge < -0.3 is 26.0 Å². The molecule has 1 unspecified atom stereocenters. The quantitative estimate of drug-likeness (QED) is 0.291. The number of nitrogens with two attached hydrogens (primary N) is 1. The van der Waals surface area contributed by atoms with Gasteiger partial charge in [-0.05, 0) is 57.3 Å². The lowest BCUT2D eigenvalue weighted by Gasteiger charge is -2.22. The van der Waals surface area contributed by atoms with Crippen molar-refractivity contribution in [3.05, 3.63) is 35.9 Å². The number of nitrogens with one attached hydrogen (secondary N) is 2. The van der Waals surface area contributed by atoms with Crippen molar-refractivity contribution in [1.29, 1.82) is 0 Å². The molecule has 164 valence electrons. The zero-order valence-corrected chi connectivity index (χ0v) is 17.3. The fourth-order valence-corrected chi connectivity index (χ4v) is 3.17. The maximum Gasteiger partial charge on any atom is 0.417 e. The highest BCUT2D eigenvalue weighted by Gasteiger charge is 2.29. The maximum absolute atomic E-state index is 12.8. The normalized spacial score (nSPS) is 16.5.